The van der Waals surface area contributed by atoms with Gasteiger partial charge in [-0.15, -0.1) is 0 Å². The van der Waals surface area contributed by atoms with Crippen LogP contribution in [0.5, 0.6) is 0 Å². The van der Waals surface area contributed by atoms with Crippen molar-refractivity contribution in [1.29, 1.82) is 0 Å². The highest BCUT2D eigenvalue weighted by atomic mass is 19.1. The molecule has 0 bridgehead atoms. The molecule has 0 aliphatic carbocycles. The molecule has 1 aliphatic heterocycles. The summed E-state index contributed by atoms with van der Waals surface area (Å²) in [5.41, 5.74) is 2.08. The van der Waals surface area contributed by atoms with E-state index in [4.69, 9.17) is 0 Å². The molecule has 1 N–H and O–H groups in total. The molecule has 1 aliphatic rings. The average molecular weight is 278 g/mol. The summed E-state index contributed by atoms with van der Waals surface area (Å²) in [6.07, 6.45) is 3.57. The lowest BCUT2D eigenvalue weighted by atomic mass is 9.94. The fourth-order valence-electron chi connectivity index (χ4n) is 2.96. The molecule has 2 nitrogen and oxygen atoms in total. The molecule has 1 fully saturated rings. The van der Waals surface area contributed by atoms with Crippen LogP contribution < -0.4 is 10.2 Å². The lowest BCUT2D eigenvalue weighted by Gasteiger charge is -2.38. The Labute approximate surface area is 122 Å². The molecule has 1 aromatic carbocycles. The number of nitrogens with one attached hydrogen (secondary N) is 1. The number of hydrogen-bond acceptors (Lipinski definition) is 2. The van der Waals surface area contributed by atoms with Crippen molar-refractivity contribution in [1.82, 2.24) is 5.32 Å². The van der Waals surface area contributed by atoms with Crippen molar-refractivity contribution < 1.29 is 4.39 Å². The highest BCUT2D eigenvalue weighted by Gasteiger charge is 2.23. The standard InChI is InChI=1S/C17H27FN2/c1-4-7-19-11-15-8-16(18)10-17(9-15)20-12-13(2)5-6-14(20)3/h8-10,13-14,19H,4-7,11-12H2,1-3H3. The van der Waals surface area contributed by atoms with Crippen molar-refractivity contribution >= 4 is 5.69 Å². The van der Waals surface area contributed by atoms with E-state index in [-0.39, 0.29) is 5.82 Å². The lowest BCUT2D eigenvalue weighted by molar-refractivity contribution is 0.390. The average Bonchev–Trinajstić information content (AvgIpc) is 2.41. The van der Waals surface area contributed by atoms with Gasteiger partial charge in [0.15, 0.2) is 0 Å². The Hall–Kier alpha value is -1.09. The largest absolute Gasteiger partial charge is 0.368 e. The number of rotatable bonds is 5. The molecule has 2 unspecified atom stereocenters. The quantitative estimate of drug-likeness (QED) is 0.820. The van der Waals surface area contributed by atoms with Gasteiger partial charge in [-0.3, -0.25) is 0 Å². The number of nitrogens with zero attached hydrogens (tertiary/aromatic N) is 1. The summed E-state index contributed by atoms with van der Waals surface area (Å²) in [4.78, 5) is 2.36. The minimum Gasteiger partial charge on any atom is -0.368 e. The lowest BCUT2D eigenvalue weighted by Crippen LogP contribution is -2.41. The van der Waals surface area contributed by atoms with E-state index in [1.54, 1.807) is 12.1 Å². The second-order valence-corrected chi connectivity index (χ2v) is 6.18. The Morgan fingerprint density at radius 2 is 2.05 bits per heavy atom. The van der Waals surface area contributed by atoms with Gasteiger partial charge in [0, 0.05) is 24.8 Å². The van der Waals surface area contributed by atoms with Crippen LogP contribution in [-0.4, -0.2) is 19.1 Å². The number of anilines is 1. The molecule has 0 amide bonds. The van der Waals surface area contributed by atoms with E-state index in [2.05, 4.69) is 37.1 Å². The normalized spacial score (nSPS) is 23.1. The van der Waals surface area contributed by atoms with Crippen LogP contribution >= 0.6 is 0 Å². The molecule has 20 heavy (non-hydrogen) atoms. The van der Waals surface area contributed by atoms with Gasteiger partial charge in [0.25, 0.3) is 0 Å². The zero-order valence-electron chi connectivity index (χ0n) is 13.0. The first-order chi connectivity index (χ1) is 9.60. The Balaban J connectivity index is 2.13. The zero-order chi connectivity index (χ0) is 14.5. The summed E-state index contributed by atoms with van der Waals surface area (Å²) in [6, 6.07) is 5.96. The maximum absolute atomic E-state index is 13.9. The SMILES string of the molecule is CCCNCc1cc(F)cc(N2CC(C)CCC2C)c1. The van der Waals surface area contributed by atoms with E-state index >= 15 is 0 Å². The predicted molar refractivity (Wildman–Crippen MR) is 83.6 cm³/mol. The van der Waals surface area contributed by atoms with Gasteiger partial charge >= 0.3 is 0 Å². The van der Waals surface area contributed by atoms with Gasteiger partial charge < -0.3 is 10.2 Å². The summed E-state index contributed by atoms with van der Waals surface area (Å²) in [7, 11) is 0. The monoisotopic (exact) mass is 278 g/mol. The minimum absolute atomic E-state index is 0.124. The van der Waals surface area contributed by atoms with Gasteiger partial charge in [0.1, 0.15) is 5.82 Å². The molecule has 1 aromatic rings. The van der Waals surface area contributed by atoms with Gasteiger partial charge in [-0.1, -0.05) is 13.8 Å². The Bertz CT molecular complexity index is 433. The van der Waals surface area contributed by atoms with Crippen molar-refractivity contribution in [2.45, 2.75) is 52.6 Å². The Kier molecular flexibility index (Phi) is 5.41. The van der Waals surface area contributed by atoms with Crippen molar-refractivity contribution in [3.05, 3.63) is 29.6 Å². The molecule has 2 rings (SSSR count). The van der Waals surface area contributed by atoms with E-state index in [1.807, 2.05) is 0 Å². The Morgan fingerprint density at radius 1 is 1.25 bits per heavy atom. The predicted octanol–water partition coefficient (Wildman–Crippen LogP) is 3.95. The number of piperidine rings is 1. The van der Waals surface area contributed by atoms with Crippen LogP contribution in [0.2, 0.25) is 0 Å². The summed E-state index contributed by atoms with van der Waals surface area (Å²) < 4.78 is 13.9. The molecule has 0 radical (unpaired) electrons. The summed E-state index contributed by atoms with van der Waals surface area (Å²) in [5.74, 6) is 0.567. The molecule has 0 spiro atoms. The van der Waals surface area contributed by atoms with Gasteiger partial charge in [0.2, 0.25) is 0 Å². The topological polar surface area (TPSA) is 15.3 Å². The smallest absolute Gasteiger partial charge is 0.125 e. The molecular formula is C17H27FN2. The maximum Gasteiger partial charge on any atom is 0.125 e. The van der Waals surface area contributed by atoms with Crippen LogP contribution in [0.25, 0.3) is 0 Å². The van der Waals surface area contributed by atoms with E-state index < -0.39 is 0 Å². The van der Waals surface area contributed by atoms with Gasteiger partial charge in [0.05, 0.1) is 0 Å². The first-order valence-electron chi connectivity index (χ1n) is 7.87. The van der Waals surface area contributed by atoms with Crippen LogP contribution in [0.15, 0.2) is 18.2 Å². The maximum atomic E-state index is 13.9. The highest BCUT2D eigenvalue weighted by molar-refractivity contribution is 5.50. The third-order valence-electron chi connectivity index (χ3n) is 4.15. The fraction of sp³-hybridized carbons (Fsp3) is 0.647. The van der Waals surface area contributed by atoms with E-state index in [1.165, 1.54) is 12.8 Å². The van der Waals surface area contributed by atoms with Crippen molar-refractivity contribution in [2.75, 3.05) is 18.0 Å². The van der Waals surface area contributed by atoms with E-state index in [9.17, 15) is 4.39 Å². The molecule has 0 saturated carbocycles. The van der Waals surface area contributed by atoms with Crippen LogP contribution in [0, 0.1) is 11.7 Å². The number of hydrogen-bond donors (Lipinski definition) is 1. The van der Waals surface area contributed by atoms with Crippen LogP contribution in [0.1, 0.15) is 45.6 Å². The molecule has 3 heteroatoms. The van der Waals surface area contributed by atoms with E-state index in [0.29, 0.717) is 12.0 Å². The van der Waals surface area contributed by atoms with Gasteiger partial charge in [-0.2, -0.15) is 0 Å². The fourth-order valence-corrected chi connectivity index (χ4v) is 2.96. The summed E-state index contributed by atoms with van der Waals surface area (Å²) in [6.45, 7) is 9.42. The van der Waals surface area contributed by atoms with E-state index in [0.717, 1.165) is 37.3 Å². The van der Waals surface area contributed by atoms with Crippen LogP contribution in [-0.2, 0) is 6.54 Å². The van der Waals surface area contributed by atoms with Gasteiger partial charge in [-0.05, 0) is 62.4 Å². The number of benzene rings is 1. The first-order valence-corrected chi connectivity index (χ1v) is 7.87. The molecule has 1 saturated heterocycles. The first kappa shape index (κ1) is 15.3. The van der Waals surface area contributed by atoms with Crippen LogP contribution in [0.3, 0.4) is 0 Å². The molecule has 2 atom stereocenters. The van der Waals surface area contributed by atoms with Crippen LogP contribution in [0.4, 0.5) is 10.1 Å². The zero-order valence-corrected chi connectivity index (χ0v) is 13.0. The third-order valence-corrected chi connectivity index (χ3v) is 4.15. The van der Waals surface area contributed by atoms with Crippen molar-refractivity contribution in [2.24, 2.45) is 5.92 Å². The molecule has 0 aromatic heterocycles. The highest BCUT2D eigenvalue weighted by Crippen LogP contribution is 2.28. The van der Waals surface area contributed by atoms with Gasteiger partial charge in [-0.25, -0.2) is 4.39 Å². The second-order valence-electron chi connectivity index (χ2n) is 6.18. The van der Waals surface area contributed by atoms with Crippen molar-refractivity contribution in [3.63, 3.8) is 0 Å². The molecular weight excluding hydrogens is 251 g/mol. The molecule has 112 valence electrons. The number of halogens is 1. The third kappa shape index (κ3) is 3.95. The molecule has 1 heterocycles. The summed E-state index contributed by atoms with van der Waals surface area (Å²) >= 11 is 0. The minimum atomic E-state index is -0.124. The Morgan fingerprint density at radius 3 is 2.80 bits per heavy atom. The second kappa shape index (κ2) is 7.07. The van der Waals surface area contributed by atoms with Crippen molar-refractivity contribution in [3.8, 4) is 0 Å². The summed E-state index contributed by atoms with van der Waals surface area (Å²) in [5, 5.41) is 3.34.